The van der Waals surface area contributed by atoms with Gasteiger partial charge < -0.3 is 0 Å². The zero-order valence-corrected chi connectivity index (χ0v) is 13.0. The highest BCUT2D eigenvalue weighted by molar-refractivity contribution is 7.99. The molecule has 2 heteroatoms. The quantitative estimate of drug-likeness (QED) is 0.714. The number of pyridine rings is 1. The van der Waals surface area contributed by atoms with Crippen molar-refractivity contribution in [3.63, 3.8) is 0 Å². The van der Waals surface area contributed by atoms with E-state index >= 15 is 0 Å². The number of aromatic nitrogens is 1. The van der Waals surface area contributed by atoms with Crippen molar-refractivity contribution in [1.82, 2.24) is 4.98 Å². The van der Waals surface area contributed by atoms with E-state index in [1.165, 1.54) is 16.2 Å². The first-order chi connectivity index (χ1) is 7.73. The van der Waals surface area contributed by atoms with Gasteiger partial charge in [0.25, 0.3) is 0 Å². The average Bonchev–Trinajstić information content (AvgIpc) is 2.19. The lowest BCUT2D eigenvalue weighted by atomic mass is 9.85. The zero-order valence-electron chi connectivity index (χ0n) is 12.2. The molecule has 0 bridgehead atoms. The standard InChI is InChI=1S/C15H25NS/c1-10(2)12(4)17-14-11(3)13(8-9-16-14)15(5,6)7/h8-10,12H,1-7H3. The minimum Gasteiger partial charge on any atom is -0.250 e. The summed E-state index contributed by atoms with van der Waals surface area (Å²) in [5.74, 6) is 0.680. The van der Waals surface area contributed by atoms with Gasteiger partial charge in [0, 0.05) is 11.4 Å². The van der Waals surface area contributed by atoms with Crippen molar-refractivity contribution < 1.29 is 0 Å². The summed E-state index contributed by atoms with van der Waals surface area (Å²) in [6, 6.07) is 2.15. The van der Waals surface area contributed by atoms with Crippen LogP contribution in [-0.4, -0.2) is 10.2 Å². The van der Waals surface area contributed by atoms with Gasteiger partial charge in [-0.25, -0.2) is 4.98 Å². The van der Waals surface area contributed by atoms with Crippen LogP contribution in [0.15, 0.2) is 17.3 Å². The maximum Gasteiger partial charge on any atom is 0.0994 e. The van der Waals surface area contributed by atoms with E-state index in [2.05, 4.69) is 59.5 Å². The molecule has 0 aliphatic heterocycles. The average molecular weight is 251 g/mol. The van der Waals surface area contributed by atoms with Crippen LogP contribution in [0.25, 0.3) is 0 Å². The Morgan fingerprint density at radius 3 is 2.24 bits per heavy atom. The van der Waals surface area contributed by atoms with Gasteiger partial charge in [-0.3, -0.25) is 0 Å². The minimum absolute atomic E-state index is 0.198. The molecule has 1 atom stereocenters. The summed E-state index contributed by atoms with van der Waals surface area (Å²) >= 11 is 1.90. The van der Waals surface area contributed by atoms with Crippen LogP contribution in [0, 0.1) is 12.8 Å². The van der Waals surface area contributed by atoms with Crippen LogP contribution in [0.4, 0.5) is 0 Å². The summed E-state index contributed by atoms with van der Waals surface area (Å²) in [5.41, 5.74) is 2.95. The first kappa shape index (κ1) is 14.6. The molecule has 1 nitrogen and oxygen atoms in total. The van der Waals surface area contributed by atoms with Gasteiger partial charge in [0.15, 0.2) is 0 Å². The Morgan fingerprint density at radius 2 is 1.76 bits per heavy atom. The molecule has 1 heterocycles. The van der Waals surface area contributed by atoms with Crippen molar-refractivity contribution in [3.05, 3.63) is 23.4 Å². The fourth-order valence-electron chi connectivity index (χ4n) is 1.76. The molecule has 0 fully saturated rings. The molecule has 1 aromatic heterocycles. The molecule has 0 saturated carbocycles. The molecule has 0 saturated heterocycles. The van der Waals surface area contributed by atoms with Crippen molar-refractivity contribution in [3.8, 4) is 0 Å². The monoisotopic (exact) mass is 251 g/mol. The van der Waals surface area contributed by atoms with Crippen molar-refractivity contribution in [2.45, 2.75) is 64.2 Å². The second-order valence-electron chi connectivity index (χ2n) is 6.11. The summed E-state index contributed by atoms with van der Waals surface area (Å²) in [6.45, 7) is 15.8. The molecule has 0 N–H and O–H groups in total. The van der Waals surface area contributed by atoms with Gasteiger partial charge in [-0.2, -0.15) is 0 Å². The van der Waals surface area contributed by atoms with Crippen molar-refractivity contribution in [1.29, 1.82) is 0 Å². The third-order valence-electron chi connectivity index (χ3n) is 3.20. The predicted octanol–water partition coefficient (Wildman–Crippen LogP) is 4.82. The van der Waals surface area contributed by atoms with Crippen LogP contribution in [0.3, 0.4) is 0 Å². The Morgan fingerprint density at radius 1 is 1.18 bits per heavy atom. The Kier molecular flexibility index (Phi) is 4.65. The highest BCUT2D eigenvalue weighted by Crippen LogP contribution is 2.33. The lowest BCUT2D eigenvalue weighted by molar-refractivity contribution is 0.581. The van der Waals surface area contributed by atoms with Crippen LogP contribution in [0.5, 0.6) is 0 Å². The van der Waals surface area contributed by atoms with E-state index in [0.29, 0.717) is 11.2 Å². The maximum absolute atomic E-state index is 4.54. The molecular weight excluding hydrogens is 226 g/mol. The van der Waals surface area contributed by atoms with E-state index < -0.39 is 0 Å². The topological polar surface area (TPSA) is 12.9 Å². The smallest absolute Gasteiger partial charge is 0.0994 e. The normalized spacial score (nSPS) is 14.1. The lowest BCUT2D eigenvalue weighted by Crippen LogP contribution is -2.14. The number of nitrogens with zero attached hydrogens (tertiary/aromatic N) is 1. The molecule has 0 aromatic carbocycles. The highest BCUT2D eigenvalue weighted by Gasteiger charge is 2.20. The third-order valence-corrected chi connectivity index (χ3v) is 4.75. The highest BCUT2D eigenvalue weighted by atomic mass is 32.2. The molecule has 0 aliphatic rings. The van der Waals surface area contributed by atoms with E-state index in [9.17, 15) is 0 Å². The van der Waals surface area contributed by atoms with Gasteiger partial charge in [-0.15, -0.1) is 11.8 Å². The van der Waals surface area contributed by atoms with Crippen molar-refractivity contribution >= 4 is 11.8 Å². The number of hydrogen-bond acceptors (Lipinski definition) is 2. The van der Waals surface area contributed by atoms with E-state index in [0.717, 1.165) is 0 Å². The van der Waals surface area contributed by atoms with Gasteiger partial charge in [0.2, 0.25) is 0 Å². The summed E-state index contributed by atoms with van der Waals surface area (Å²) in [7, 11) is 0. The second-order valence-corrected chi connectivity index (χ2v) is 7.47. The van der Waals surface area contributed by atoms with Gasteiger partial charge in [-0.05, 0) is 35.4 Å². The van der Waals surface area contributed by atoms with Crippen LogP contribution >= 0.6 is 11.8 Å². The van der Waals surface area contributed by atoms with Gasteiger partial charge in [-0.1, -0.05) is 41.5 Å². The van der Waals surface area contributed by atoms with Crippen molar-refractivity contribution in [2.24, 2.45) is 5.92 Å². The third kappa shape index (κ3) is 3.74. The molecule has 0 aliphatic carbocycles. The molecular formula is C15H25NS. The van der Waals surface area contributed by atoms with Crippen LogP contribution in [0.2, 0.25) is 0 Å². The lowest BCUT2D eigenvalue weighted by Gasteiger charge is -2.24. The maximum atomic E-state index is 4.54. The first-order valence-electron chi connectivity index (χ1n) is 6.36. The predicted molar refractivity (Wildman–Crippen MR) is 77.8 cm³/mol. The minimum atomic E-state index is 0.198. The molecule has 1 aromatic rings. The number of thioether (sulfide) groups is 1. The van der Waals surface area contributed by atoms with E-state index in [1.54, 1.807) is 0 Å². The molecule has 17 heavy (non-hydrogen) atoms. The summed E-state index contributed by atoms with van der Waals surface area (Å²) < 4.78 is 0. The van der Waals surface area contributed by atoms with Gasteiger partial charge >= 0.3 is 0 Å². The molecule has 0 amide bonds. The van der Waals surface area contributed by atoms with E-state index in [1.807, 2.05) is 18.0 Å². The first-order valence-corrected chi connectivity index (χ1v) is 7.24. The number of hydrogen-bond donors (Lipinski definition) is 0. The van der Waals surface area contributed by atoms with Crippen molar-refractivity contribution in [2.75, 3.05) is 0 Å². The van der Waals surface area contributed by atoms with E-state index in [-0.39, 0.29) is 5.41 Å². The SMILES string of the molecule is Cc1c(C(C)(C)C)ccnc1SC(C)C(C)C. The van der Waals surface area contributed by atoms with Crippen LogP contribution in [-0.2, 0) is 5.41 Å². The Bertz CT molecular complexity index is 377. The summed E-state index contributed by atoms with van der Waals surface area (Å²) in [6.07, 6.45) is 1.95. The Hall–Kier alpha value is -0.500. The largest absolute Gasteiger partial charge is 0.250 e. The Labute approximate surface area is 110 Å². The fraction of sp³-hybridized carbons (Fsp3) is 0.667. The summed E-state index contributed by atoms with van der Waals surface area (Å²) in [4.78, 5) is 4.54. The molecule has 1 unspecified atom stereocenters. The van der Waals surface area contributed by atoms with E-state index in [4.69, 9.17) is 0 Å². The molecule has 0 spiro atoms. The fourth-order valence-corrected chi connectivity index (χ4v) is 2.79. The number of rotatable bonds is 3. The zero-order chi connectivity index (χ0) is 13.2. The van der Waals surface area contributed by atoms with Gasteiger partial charge in [0.05, 0.1) is 5.03 Å². The van der Waals surface area contributed by atoms with Crippen LogP contribution < -0.4 is 0 Å². The molecule has 1 rings (SSSR count). The molecule has 96 valence electrons. The summed E-state index contributed by atoms with van der Waals surface area (Å²) in [5, 5.41) is 1.80. The van der Waals surface area contributed by atoms with Crippen LogP contribution in [0.1, 0.15) is 52.7 Å². The molecule has 0 radical (unpaired) electrons. The Balaban J connectivity index is 3.03. The second kappa shape index (κ2) is 5.43. The van der Waals surface area contributed by atoms with Gasteiger partial charge in [0.1, 0.15) is 0 Å².